The Kier molecular flexibility index (Phi) is 15.2. The summed E-state index contributed by atoms with van der Waals surface area (Å²) in [6.45, 7) is 4.95. The van der Waals surface area contributed by atoms with Crippen LogP contribution in [0, 0.1) is 0 Å². The second-order valence-electron chi connectivity index (χ2n) is 1.89. The molecule has 0 amide bonds. The van der Waals surface area contributed by atoms with Crippen LogP contribution in [0.5, 0.6) is 0 Å². The summed E-state index contributed by atoms with van der Waals surface area (Å²) in [4.78, 5) is 10.7. The first-order valence-electron chi connectivity index (χ1n) is 3.54. The van der Waals surface area contributed by atoms with E-state index < -0.39 is 8.60 Å². The molecule has 5 heteroatoms. The van der Waals surface area contributed by atoms with Crippen LogP contribution in [0.25, 0.3) is 0 Å². The second kappa shape index (κ2) is 11.3. The molecule has 0 spiro atoms. The molecule has 0 bridgehead atoms. The first kappa shape index (κ1) is 14.8. The van der Waals surface area contributed by atoms with Gasteiger partial charge in [-0.1, -0.05) is 13.8 Å². The van der Waals surface area contributed by atoms with Gasteiger partial charge in [-0.05, 0) is 12.8 Å². The van der Waals surface area contributed by atoms with Crippen molar-refractivity contribution in [2.75, 3.05) is 13.2 Å². The first-order chi connectivity index (χ1) is 4.81. The van der Waals surface area contributed by atoms with Crippen molar-refractivity contribution < 1.29 is 43.5 Å². The Bertz CT molecular complexity index is 66.8. The van der Waals surface area contributed by atoms with Gasteiger partial charge in [-0.3, -0.25) is 0 Å². The predicted octanol–water partition coefficient (Wildman–Crippen LogP) is -1.57. The van der Waals surface area contributed by atoms with E-state index in [1.807, 2.05) is 13.8 Å². The molecule has 3 nitrogen and oxygen atoms in total. The molecule has 0 aromatic carbocycles. The van der Waals surface area contributed by atoms with E-state index >= 15 is 0 Å². The molecule has 0 radical (unpaired) electrons. The van der Waals surface area contributed by atoms with E-state index in [4.69, 9.17) is 9.05 Å². The van der Waals surface area contributed by atoms with Crippen molar-refractivity contribution in [3.63, 3.8) is 0 Å². The zero-order valence-electron chi connectivity index (χ0n) is 7.50. The van der Waals surface area contributed by atoms with Crippen LogP contribution in [0.1, 0.15) is 26.7 Å². The van der Waals surface area contributed by atoms with Crippen molar-refractivity contribution in [2.45, 2.75) is 26.7 Å². The van der Waals surface area contributed by atoms with Crippen molar-refractivity contribution in [2.24, 2.45) is 0 Å². The number of hydrogen-bond donors (Lipinski definition) is 0. The molecule has 11 heavy (non-hydrogen) atoms. The van der Waals surface area contributed by atoms with E-state index in [1.165, 1.54) is 0 Å². The molecular weight excluding hydrogens is 174 g/mol. The standard InChI is InChI=1S/C6H14O3P.Na/c1-3-5-8-10(7)9-6-4-2;/h3-6H2,1-2H3;/q-1;+1. The van der Waals surface area contributed by atoms with Crippen LogP contribution in [0.3, 0.4) is 0 Å². The Labute approximate surface area is 91.8 Å². The molecule has 62 valence electrons. The summed E-state index contributed by atoms with van der Waals surface area (Å²) in [5, 5.41) is 0. The van der Waals surface area contributed by atoms with Crippen LogP contribution in [0.4, 0.5) is 0 Å². The number of rotatable bonds is 6. The monoisotopic (exact) mass is 188 g/mol. The smallest absolute Gasteiger partial charge is 0.786 e. The van der Waals surface area contributed by atoms with E-state index in [9.17, 15) is 4.89 Å². The van der Waals surface area contributed by atoms with Crippen LogP contribution in [-0.4, -0.2) is 13.2 Å². The molecule has 0 fully saturated rings. The van der Waals surface area contributed by atoms with Crippen molar-refractivity contribution in [1.82, 2.24) is 0 Å². The molecule has 0 heterocycles. The van der Waals surface area contributed by atoms with Crippen molar-refractivity contribution in [1.29, 1.82) is 0 Å². The maximum absolute atomic E-state index is 10.7. The molecule has 0 unspecified atom stereocenters. The Morgan fingerprint density at radius 1 is 1.09 bits per heavy atom. The Morgan fingerprint density at radius 2 is 1.45 bits per heavy atom. The zero-order valence-corrected chi connectivity index (χ0v) is 10.4. The van der Waals surface area contributed by atoms with Gasteiger partial charge in [-0.15, -0.1) is 0 Å². The summed E-state index contributed by atoms with van der Waals surface area (Å²) in [5.41, 5.74) is 0. The van der Waals surface area contributed by atoms with Crippen molar-refractivity contribution in [3.8, 4) is 0 Å². The van der Waals surface area contributed by atoms with Gasteiger partial charge in [0, 0.05) is 0 Å². The minimum atomic E-state index is -1.84. The van der Waals surface area contributed by atoms with Gasteiger partial charge in [0.25, 0.3) is 0 Å². The fourth-order valence-corrected chi connectivity index (χ4v) is 1.11. The third-order valence-corrected chi connectivity index (χ3v) is 1.59. The van der Waals surface area contributed by atoms with E-state index in [-0.39, 0.29) is 29.6 Å². The maximum Gasteiger partial charge on any atom is 1.00 e. The fourth-order valence-electron chi connectivity index (χ4n) is 0.369. The summed E-state index contributed by atoms with van der Waals surface area (Å²) in [7, 11) is -1.84. The average Bonchev–Trinajstić information content (AvgIpc) is 1.97. The molecule has 0 aliphatic heterocycles. The van der Waals surface area contributed by atoms with Crippen molar-refractivity contribution in [3.05, 3.63) is 0 Å². The normalized spacial score (nSPS) is 9.82. The van der Waals surface area contributed by atoms with E-state index in [0.717, 1.165) is 12.8 Å². The van der Waals surface area contributed by atoms with E-state index in [1.54, 1.807) is 0 Å². The zero-order chi connectivity index (χ0) is 7.82. The first-order valence-corrected chi connectivity index (χ1v) is 4.63. The van der Waals surface area contributed by atoms with Crippen LogP contribution in [0.2, 0.25) is 0 Å². The average molecular weight is 188 g/mol. The largest absolute Gasteiger partial charge is 1.00 e. The third-order valence-electron chi connectivity index (χ3n) is 0.802. The summed E-state index contributed by atoms with van der Waals surface area (Å²) in [5.74, 6) is 0. The van der Waals surface area contributed by atoms with Crippen LogP contribution in [-0.2, 0) is 9.05 Å². The SMILES string of the molecule is CCCOP([O-])OCCC.[Na+]. The molecule has 0 aliphatic carbocycles. The quantitative estimate of drug-likeness (QED) is 0.373. The van der Waals surface area contributed by atoms with Gasteiger partial charge in [0.15, 0.2) is 0 Å². The van der Waals surface area contributed by atoms with Gasteiger partial charge < -0.3 is 13.9 Å². The molecule has 0 aliphatic rings. The Balaban J connectivity index is 0. The van der Waals surface area contributed by atoms with Gasteiger partial charge in [0.05, 0.1) is 21.8 Å². The second-order valence-corrected chi connectivity index (χ2v) is 2.85. The van der Waals surface area contributed by atoms with Gasteiger partial charge in [-0.25, -0.2) is 0 Å². The molecular formula is C6H14NaO3P. The van der Waals surface area contributed by atoms with E-state index in [0.29, 0.717) is 13.2 Å². The molecule has 0 rings (SSSR count). The Hall–Kier alpha value is 1.31. The van der Waals surface area contributed by atoms with Crippen molar-refractivity contribution >= 4 is 8.60 Å². The maximum atomic E-state index is 10.7. The van der Waals surface area contributed by atoms with Gasteiger partial charge in [-0.2, -0.15) is 0 Å². The molecule has 0 N–H and O–H groups in total. The summed E-state index contributed by atoms with van der Waals surface area (Å²) in [6, 6.07) is 0. The predicted molar refractivity (Wildman–Crippen MR) is 39.4 cm³/mol. The minimum Gasteiger partial charge on any atom is -0.786 e. The fraction of sp³-hybridized carbons (Fsp3) is 1.00. The summed E-state index contributed by atoms with van der Waals surface area (Å²) >= 11 is 0. The van der Waals surface area contributed by atoms with Gasteiger partial charge in [0.2, 0.25) is 0 Å². The molecule has 0 aromatic rings. The molecule has 0 aromatic heterocycles. The van der Waals surface area contributed by atoms with Gasteiger partial charge >= 0.3 is 29.6 Å². The van der Waals surface area contributed by atoms with Crippen LogP contribution < -0.4 is 34.5 Å². The molecule has 0 saturated carbocycles. The molecule has 0 atom stereocenters. The Morgan fingerprint density at radius 3 is 1.73 bits per heavy atom. The van der Waals surface area contributed by atoms with E-state index in [2.05, 4.69) is 0 Å². The van der Waals surface area contributed by atoms with Gasteiger partial charge in [0.1, 0.15) is 0 Å². The topological polar surface area (TPSA) is 41.5 Å². The summed E-state index contributed by atoms with van der Waals surface area (Å²) < 4.78 is 9.56. The summed E-state index contributed by atoms with van der Waals surface area (Å²) in [6.07, 6.45) is 1.74. The minimum absolute atomic E-state index is 0. The van der Waals surface area contributed by atoms with Crippen LogP contribution in [0.15, 0.2) is 0 Å². The number of hydrogen-bond acceptors (Lipinski definition) is 3. The van der Waals surface area contributed by atoms with Crippen LogP contribution >= 0.6 is 8.60 Å². The third kappa shape index (κ3) is 11.3. The molecule has 0 saturated heterocycles.